The van der Waals surface area contributed by atoms with Gasteiger partial charge in [0.1, 0.15) is 5.69 Å². The number of aromatic amines is 1. The van der Waals surface area contributed by atoms with Crippen LogP contribution in [0.3, 0.4) is 0 Å². The van der Waals surface area contributed by atoms with Crippen molar-refractivity contribution >= 4 is 17.6 Å². The van der Waals surface area contributed by atoms with Crippen LogP contribution >= 0.6 is 11.6 Å². The summed E-state index contributed by atoms with van der Waals surface area (Å²) in [5.74, 6) is -1.03. The number of carboxylic acid groups (broad SMARTS) is 1. The fraction of sp³-hybridized carbons (Fsp3) is 0.167. The standard InChI is InChI=1S/C12H11ClN2O2/c1-2-7-3-8(5-9(13)4-7)10-6-11(12(16)17)15-14-10/h3-6H,2H2,1H3,(H,14,15)(H,16,17). The highest BCUT2D eigenvalue weighted by molar-refractivity contribution is 6.30. The van der Waals surface area contributed by atoms with E-state index in [-0.39, 0.29) is 5.69 Å². The first-order chi connectivity index (χ1) is 8.10. The first kappa shape index (κ1) is 11.7. The third kappa shape index (κ3) is 2.47. The topological polar surface area (TPSA) is 66.0 Å². The van der Waals surface area contributed by atoms with Crippen LogP contribution in [0.5, 0.6) is 0 Å². The van der Waals surface area contributed by atoms with Crippen molar-refractivity contribution in [2.24, 2.45) is 0 Å². The summed E-state index contributed by atoms with van der Waals surface area (Å²) in [6, 6.07) is 7.10. The molecule has 0 amide bonds. The number of rotatable bonds is 3. The summed E-state index contributed by atoms with van der Waals surface area (Å²) < 4.78 is 0. The van der Waals surface area contributed by atoms with E-state index in [0.29, 0.717) is 10.7 Å². The minimum Gasteiger partial charge on any atom is -0.477 e. The SMILES string of the molecule is CCc1cc(Cl)cc(-c2cc(C(=O)O)[nH]n2)c1. The molecule has 2 N–H and O–H groups in total. The van der Waals surface area contributed by atoms with Gasteiger partial charge in [0.25, 0.3) is 0 Å². The summed E-state index contributed by atoms with van der Waals surface area (Å²) in [5, 5.41) is 15.9. The number of carboxylic acids is 1. The first-order valence-electron chi connectivity index (χ1n) is 5.18. The summed E-state index contributed by atoms with van der Waals surface area (Å²) in [6.45, 7) is 2.03. The van der Waals surface area contributed by atoms with Crippen LogP contribution in [0.2, 0.25) is 5.02 Å². The number of halogens is 1. The van der Waals surface area contributed by atoms with E-state index in [9.17, 15) is 4.79 Å². The van der Waals surface area contributed by atoms with Crippen LogP contribution in [-0.4, -0.2) is 21.3 Å². The number of benzene rings is 1. The molecular weight excluding hydrogens is 240 g/mol. The van der Waals surface area contributed by atoms with E-state index in [1.807, 2.05) is 19.1 Å². The summed E-state index contributed by atoms with van der Waals surface area (Å²) in [4.78, 5) is 10.7. The molecule has 88 valence electrons. The summed E-state index contributed by atoms with van der Waals surface area (Å²) >= 11 is 5.99. The molecule has 4 nitrogen and oxygen atoms in total. The normalized spacial score (nSPS) is 10.5. The van der Waals surface area contributed by atoms with Crippen molar-refractivity contribution in [3.8, 4) is 11.3 Å². The summed E-state index contributed by atoms with van der Waals surface area (Å²) in [7, 11) is 0. The van der Waals surface area contributed by atoms with Crippen LogP contribution in [0.25, 0.3) is 11.3 Å². The molecule has 0 radical (unpaired) electrons. The maximum atomic E-state index is 10.7. The molecule has 0 aliphatic heterocycles. The zero-order valence-corrected chi connectivity index (χ0v) is 9.95. The fourth-order valence-corrected chi connectivity index (χ4v) is 1.84. The van der Waals surface area contributed by atoms with Gasteiger partial charge in [-0.25, -0.2) is 4.79 Å². The van der Waals surface area contributed by atoms with E-state index >= 15 is 0 Å². The number of hydrogen-bond acceptors (Lipinski definition) is 2. The van der Waals surface area contributed by atoms with Gasteiger partial charge >= 0.3 is 5.97 Å². The quantitative estimate of drug-likeness (QED) is 0.880. The minimum absolute atomic E-state index is 0.0676. The molecule has 1 aromatic heterocycles. The number of nitrogens with one attached hydrogen (secondary N) is 1. The van der Waals surface area contributed by atoms with Gasteiger partial charge in [-0.2, -0.15) is 5.10 Å². The van der Waals surface area contributed by atoms with Gasteiger partial charge in [-0.05, 0) is 36.2 Å². The fourth-order valence-electron chi connectivity index (χ4n) is 1.58. The highest BCUT2D eigenvalue weighted by Crippen LogP contribution is 2.24. The lowest BCUT2D eigenvalue weighted by molar-refractivity contribution is 0.0690. The molecule has 1 aromatic carbocycles. The lowest BCUT2D eigenvalue weighted by Gasteiger charge is -2.02. The van der Waals surface area contributed by atoms with Crippen LogP contribution in [-0.2, 0) is 6.42 Å². The molecule has 2 aromatic rings. The lowest BCUT2D eigenvalue weighted by atomic mass is 10.1. The maximum absolute atomic E-state index is 10.7. The molecule has 0 spiro atoms. The van der Waals surface area contributed by atoms with Crippen LogP contribution in [0, 0.1) is 0 Å². The van der Waals surface area contributed by atoms with Crippen molar-refractivity contribution in [1.29, 1.82) is 0 Å². The molecule has 0 atom stereocenters. The van der Waals surface area contributed by atoms with Gasteiger partial charge in [0.15, 0.2) is 0 Å². The highest BCUT2D eigenvalue weighted by atomic mass is 35.5. The molecule has 1 heterocycles. The van der Waals surface area contributed by atoms with E-state index in [1.54, 1.807) is 6.07 Å². The Morgan fingerprint density at radius 1 is 1.41 bits per heavy atom. The number of hydrogen-bond donors (Lipinski definition) is 2. The maximum Gasteiger partial charge on any atom is 0.353 e. The monoisotopic (exact) mass is 250 g/mol. The number of H-pyrrole nitrogens is 1. The number of aromatic carboxylic acids is 1. The van der Waals surface area contributed by atoms with Gasteiger partial charge in [-0.15, -0.1) is 0 Å². The van der Waals surface area contributed by atoms with Gasteiger partial charge in [0.05, 0.1) is 5.69 Å². The van der Waals surface area contributed by atoms with Crippen LogP contribution < -0.4 is 0 Å². The van der Waals surface area contributed by atoms with Crippen LogP contribution in [0.1, 0.15) is 23.0 Å². The number of nitrogens with zero attached hydrogens (tertiary/aromatic N) is 1. The van der Waals surface area contributed by atoms with Gasteiger partial charge in [-0.3, -0.25) is 5.10 Å². The van der Waals surface area contributed by atoms with Crippen LogP contribution in [0.4, 0.5) is 0 Å². The molecule has 2 rings (SSSR count). The molecule has 0 saturated heterocycles. The Labute approximate surface area is 103 Å². The molecule has 17 heavy (non-hydrogen) atoms. The van der Waals surface area contributed by atoms with Crippen LogP contribution in [0.15, 0.2) is 24.3 Å². The third-order valence-electron chi connectivity index (χ3n) is 2.47. The predicted molar refractivity (Wildman–Crippen MR) is 65.4 cm³/mol. The number of carbonyl (C=O) groups is 1. The van der Waals surface area contributed by atoms with E-state index < -0.39 is 5.97 Å². The Morgan fingerprint density at radius 2 is 2.18 bits per heavy atom. The van der Waals surface area contributed by atoms with E-state index in [2.05, 4.69) is 10.2 Å². The Kier molecular flexibility index (Phi) is 3.15. The Morgan fingerprint density at radius 3 is 2.76 bits per heavy atom. The average Bonchev–Trinajstić information content (AvgIpc) is 2.77. The summed E-state index contributed by atoms with van der Waals surface area (Å²) in [5.41, 5.74) is 2.56. The Bertz CT molecular complexity index is 563. The van der Waals surface area contributed by atoms with Crippen molar-refractivity contribution < 1.29 is 9.90 Å². The van der Waals surface area contributed by atoms with Gasteiger partial charge < -0.3 is 5.11 Å². The van der Waals surface area contributed by atoms with Gasteiger partial charge in [0.2, 0.25) is 0 Å². The van der Waals surface area contributed by atoms with E-state index in [4.69, 9.17) is 16.7 Å². The number of aromatic nitrogens is 2. The second kappa shape index (κ2) is 4.59. The van der Waals surface area contributed by atoms with Crippen molar-refractivity contribution in [3.05, 3.63) is 40.5 Å². The van der Waals surface area contributed by atoms with E-state index in [0.717, 1.165) is 17.5 Å². The van der Waals surface area contributed by atoms with Gasteiger partial charge in [0, 0.05) is 10.6 Å². The first-order valence-corrected chi connectivity index (χ1v) is 5.56. The van der Waals surface area contributed by atoms with Crippen molar-refractivity contribution in [3.63, 3.8) is 0 Å². The smallest absolute Gasteiger partial charge is 0.353 e. The molecule has 5 heteroatoms. The second-order valence-electron chi connectivity index (χ2n) is 3.67. The summed E-state index contributed by atoms with van der Waals surface area (Å²) in [6.07, 6.45) is 0.865. The van der Waals surface area contributed by atoms with E-state index in [1.165, 1.54) is 6.07 Å². The molecule has 0 aliphatic rings. The Balaban J connectivity index is 2.44. The predicted octanol–water partition coefficient (Wildman–Crippen LogP) is 2.99. The second-order valence-corrected chi connectivity index (χ2v) is 4.11. The Hall–Kier alpha value is -1.81. The minimum atomic E-state index is -1.03. The molecule has 0 aliphatic carbocycles. The van der Waals surface area contributed by atoms with Crippen molar-refractivity contribution in [2.75, 3.05) is 0 Å². The zero-order chi connectivity index (χ0) is 12.4. The lowest BCUT2D eigenvalue weighted by Crippen LogP contribution is -1.95. The highest BCUT2D eigenvalue weighted by Gasteiger charge is 2.10. The van der Waals surface area contributed by atoms with Crippen molar-refractivity contribution in [2.45, 2.75) is 13.3 Å². The third-order valence-corrected chi connectivity index (χ3v) is 2.69. The largest absolute Gasteiger partial charge is 0.477 e. The molecule has 0 fully saturated rings. The molecule has 0 bridgehead atoms. The molecular formula is C12H11ClN2O2. The average molecular weight is 251 g/mol. The number of aryl methyl sites for hydroxylation is 1. The van der Waals surface area contributed by atoms with Crippen molar-refractivity contribution in [1.82, 2.24) is 10.2 Å². The van der Waals surface area contributed by atoms with Gasteiger partial charge in [-0.1, -0.05) is 18.5 Å². The zero-order valence-electron chi connectivity index (χ0n) is 9.20. The molecule has 0 unspecified atom stereocenters. The molecule has 0 saturated carbocycles.